The fourth-order valence-electron chi connectivity index (χ4n) is 2.41. The molecule has 5 nitrogen and oxygen atoms in total. The third kappa shape index (κ3) is 5.69. The van der Waals surface area contributed by atoms with Crippen LogP contribution in [0.5, 0.6) is 17.2 Å². The molecule has 0 aromatic heterocycles. The number of hydrogen-bond donors (Lipinski definition) is 1. The van der Waals surface area contributed by atoms with Crippen molar-refractivity contribution in [2.45, 2.75) is 33.7 Å². The van der Waals surface area contributed by atoms with Crippen LogP contribution in [-0.4, -0.2) is 26.2 Å². The molecule has 0 aliphatic rings. The highest BCUT2D eigenvalue weighted by molar-refractivity contribution is 5.77. The maximum atomic E-state index is 12.1. The highest BCUT2D eigenvalue weighted by Crippen LogP contribution is 2.28. The van der Waals surface area contributed by atoms with Crippen LogP contribution in [0.15, 0.2) is 36.4 Å². The highest BCUT2D eigenvalue weighted by Gasteiger charge is 2.08. The van der Waals surface area contributed by atoms with Crippen LogP contribution in [0.3, 0.4) is 0 Å². The minimum Gasteiger partial charge on any atom is -0.493 e. The third-order valence-corrected chi connectivity index (χ3v) is 3.88. The first-order valence-electron chi connectivity index (χ1n) is 8.80. The van der Waals surface area contributed by atoms with Crippen molar-refractivity contribution in [3.8, 4) is 17.2 Å². The molecule has 26 heavy (non-hydrogen) atoms. The van der Waals surface area contributed by atoms with E-state index in [0.717, 1.165) is 28.9 Å². The van der Waals surface area contributed by atoms with Gasteiger partial charge in [0.2, 0.25) is 0 Å². The summed E-state index contributed by atoms with van der Waals surface area (Å²) in [6.45, 7) is 7.03. The largest absolute Gasteiger partial charge is 0.493 e. The molecular weight excluding hydrogens is 330 g/mol. The zero-order valence-electron chi connectivity index (χ0n) is 15.9. The number of carbonyl (C=O) groups excluding carboxylic acids is 1. The van der Waals surface area contributed by atoms with Gasteiger partial charge in [0.05, 0.1) is 13.7 Å². The molecule has 2 aromatic rings. The summed E-state index contributed by atoms with van der Waals surface area (Å²) in [5, 5.41) is 2.86. The normalized spacial score (nSPS) is 10.3. The Kier molecular flexibility index (Phi) is 7.33. The van der Waals surface area contributed by atoms with E-state index in [1.54, 1.807) is 7.11 Å². The topological polar surface area (TPSA) is 56.8 Å². The van der Waals surface area contributed by atoms with Crippen molar-refractivity contribution in [2.75, 3.05) is 20.3 Å². The van der Waals surface area contributed by atoms with Crippen molar-refractivity contribution in [3.05, 3.63) is 53.1 Å². The summed E-state index contributed by atoms with van der Waals surface area (Å²) in [4.78, 5) is 12.1. The van der Waals surface area contributed by atoms with E-state index in [-0.39, 0.29) is 12.5 Å². The summed E-state index contributed by atoms with van der Waals surface area (Å²) in [7, 11) is 1.61. The lowest BCUT2D eigenvalue weighted by Crippen LogP contribution is -2.28. The Bertz CT molecular complexity index is 743. The van der Waals surface area contributed by atoms with E-state index in [0.29, 0.717) is 24.7 Å². The molecule has 0 spiro atoms. The van der Waals surface area contributed by atoms with Gasteiger partial charge >= 0.3 is 0 Å². The van der Waals surface area contributed by atoms with Gasteiger partial charge in [0, 0.05) is 6.54 Å². The standard InChI is InChI=1S/C21H27NO4/c1-5-10-25-18-9-8-17(12-20(18)24-4)13-22-21(23)14-26-19-11-15(2)6-7-16(19)3/h6-9,11-12H,5,10,13-14H2,1-4H3,(H,22,23). The van der Waals surface area contributed by atoms with Crippen molar-refractivity contribution >= 4 is 5.91 Å². The number of amides is 1. The Labute approximate surface area is 155 Å². The molecule has 2 aromatic carbocycles. The lowest BCUT2D eigenvalue weighted by atomic mass is 10.1. The van der Waals surface area contributed by atoms with Gasteiger partial charge in [-0.05, 0) is 55.2 Å². The molecule has 0 bridgehead atoms. The van der Waals surface area contributed by atoms with Gasteiger partial charge in [0.1, 0.15) is 5.75 Å². The number of aryl methyl sites for hydroxylation is 2. The maximum Gasteiger partial charge on any atom is 0.258 e. The maximum absolute atomic E-state index is 12.1. The Balaban J connectivity index is 1.87. The summed E-state index contributed by atoms with van der Waals surface area (Å²) in [6.07, 6.45) is 0.932. The lowest BCUT2D eigenvalue weighted by molar-refractivity contribution is -0.123. The number of hydrogen-bond acceptors (Lipinski definition) is 4. The second-order valence-corrected chi connectivity index (χ2v) is 6.17. The van der Waals surface area contributed by atoms with Crippen molar-refractivity contribution in [3.63, 3.8) is 0 Å². The Morgan fingerprint density at radius 3 is 2.54 bits per heavy atom. The molecule has 0 saturated heterocycles. The van der Waals surface area contributed by atoms with Crippen LogP contribution < -0.4 is 19.5 Å². The molecule has 1 amide bonds. The van der Waals surface area contributed by atoms with Gasteiger partial charge in [-0.15, -0.1) is 0 Å². The number of nitrogens with one attached hydrogen (secondary N) is 1. The molecule has 1 N–H and O–H groups in total. The van der Waals surface area contributed by atoms with Gasteiger partial charge in [-0.3, -0.25) is 4.79 Å². The van der Waals surface area contributed by atoms with E-state index < -0.39 is 0 Å². The van der Waals surface area contributed by atoms with Crippen LogP contribution in [0.4, 0.5) is 0 Å². The predicted octanol–water partition coefficient (Wildman–Crippen LogP) is 3.80. The van der Waals surface area contributed by atoms with E-state index >= 15 is 0 Å². The summed E-state index contributed by atoms with van der Waals surface area (Å²) in [5.41, 5.74) is 3.05. The monoisotopic (exact) mass is 357 g/mol. The molecular formula is C21H27NO4. The minimum atomic E-state index is -0.170. The van der Waals surface area contributed by atoms with Gasteiger partial charge in [-0.2, -0.15) is 0 Å². The van der Waals surface area contributed by atoms with E-state index in [4.69, 9.17) is 14.2 Å². The number of ether oxygens (including phenoxy) is 3. The summed E-state index contributed by atoms with van der Waals surface area (Å²) < 4.78 is 16.6. The first-order chi connectivity index (χ1) is 12.5. The number of benzene rings is 2. The van der Waals surface area contributed by atoms with Gasteiger partial charge in [-0.25, -0.2) is 0 Å². The van der Waals surface area contributed by atoms with Crippen molar-refractivity contribution < 1.29 is 19.0 Å². The quantitative estimate of drug-likeness (QED) is 0.742. The Hall–Kier alpha value is -2.69. The van der Waals surface area contributed by atoms with Gasteiger partial charge in [-0.1, -0.05) is 25.1 Å². The zero-order chi connectivity index (χ0) is 18.9. The van der Waals surface area contributed by atoms with Crippen molar-refractivity contribution in [1.82, 2.24) is 5.32 Å². The number of methoxy groups -OCH3 is 1. The SMILES string of the molecule is CCCOc1ccc(CNC(=O)COc2cc(C)ccc2C)cc1OC. The van der Waals surface area contributed by atoms with Crippen LogP contribution in [0.2, 0.25) is 0 Å². The fourth-order valence-corrected chi connectivity index (χ4v) is 2.41. The van der Waals surface area contributed by atoms with E-state index in [1.165, 1.54) is 0 Å². The molecule has 0 aliphatic carbocycles. The smallest absolute Gasteiger partial charge is 0.258 e. The van der Waals surface area contributed by atoms with E-state index in [2.05, 4.69) is 12.2 Å². The minimum absolute atomic E-state index is 0.0148. The van der Waals surface area contributed by atoms with E-state index in [1.807, 2.05) is 50.2 Å². The summed E-state index contributed by atoms with van der Waals surface area (Å²) >= 11 is 0. The second kappa shape index (κ2) is 9.70. The van der Waals surface area contributed by atoms with Crippen LogP contribution in [-0.2, 0) is 11.3 Å². The molecule has 0 heterocycles. The molecule has 5 heteroatoms. The lowest BCUT2D eigenvalue weighted by Gasteiger charge is -2.13. The molecule has 0 unspecified atom stereocenters. The molecule has 0 aliphatic heterocycles. The molecule has 0 radical (unpaired) electrons. The summed E-state index contributed by atoms with van der Waals surface area (Å²) in [5.74, 6) is 1.94. The average molecular weight is 357 g/mol. The highest BCUT2D eigenvalue weighted by atomic mass is 16.5. The first-order valence-corrected chi connectivity index (χ1v) is 8.80. The van der Waals surface area contributed by atoms with Gasteiger partial charge in [0.15, 0.2) is 18.1 Å². The second-order valence-electron chi connectivity index (χ2n) is 6.17. The average Bonchev–Trinajstić information content (AvgIpc) is 2.65. The molecule has 0 fully saturated rings. The van der Waals surface area contributed by atoms with Crippen LogP contribution in [0.25, 0.3) is 0 Å². The van der Waals surface area contributed by atoms with Gasteiger partial charge in [0.25, 0.3) is 5.91 Å². The van der Waals surface area contributed by atoms with Crippen LogP contribution in [0, 0.1) is 13.8 Å². The zero-order valence-corrected chi connectivity index (χ0v) is 15.9. The predicted molar refractivity (Wildman–Crippen MR) is 102 cm³/mol. The number of rotatable bonds is 9. The third-order valence-electron chi connectivity index (χ3n) is 3.88. The number of carbonyl (C=O) groups is 1. The van der Waals surface area contributed by atoms with Gasteiger partial charge < -0.3 is 19.5 Å². The molecule has 140 valence electrons. The van der Waals surface area contributed by atoms with Crippen molar-refractivity contribution in [1.29, 1.82) is 0 Å². The molecule has 0 saturated carbocycles. The Morgan fingerprint density at radius 2 is 1.81 bits per heavy atom. The van der Waals surface area contributed by atoms with E-state index in [9.17, 15) is 4.79 Å². The fraction of sp³-hybridized carbons (Fsp3) is 0.381. The van der Waals surface area contributed by atoms with Crippen LogP contribution in [0.1, 0.15) is 30.0 Å². The Morgan fingerprint density at radius 1 is 1.00 bits per heavy atom. The molecule has 0 atom stereocenters. The molecule has 2 rings (SSSR count). The summed E-state index contributed by atoms with van der Waals surface area (Å²) in [6, 6.07) is 11.6. The van der Waals surface area contributed by atoms with Crippen molar-refractivity contribution in [2.24, 2.45) is 0 Å². The first kappa shape index (κ1) is 19.6. The van der Waals surface area contributed by atoms with Crippen LogP contribution >= 0.6 is 0 Å².